The van der Waals surface area contributed by atoms with E-state index < -0.39 is 0 Å². The van der Waals surface area contributed by atoms with Gasteiger partial charge in [-0.05, 0) is 47.9 Å². The number of rotatable bonds is 5. The second-order valence-electron chi connectivity index (χ2n) is 6.60. The first kappa shape index (κ1) is 16.8. The lowest BCUT2D eigenvalue weighted by atomic mass is 10.0. The van der Waals surface area contributed by atoms with E-state index in [9.17, 15) is 0 Å². The first-order valence-corrected chi connectivity index (χ1v) is 8.93. The first-order chi connectivity index (χ1) is 12.8. The molecule has 0 bridgehead atoms. The van der Waals surface area contributed by atoms with Gasteiger partial charge in [0.05, 0.1) is 25.3 Å². The smallest absolute Gasteiger partial charge is 0.160 e. The van der Waals surface area contributed by atoms with Crippen LogP contribution in [-0.4, -0.2) is 42.2 Å². The number of aromatic nitrogens is 2. The van der Waals surface area contributed by atoms with E-state index in [1.807, 2.05) is 24.4 Å². The number of hydrogen-bond donors (Lipinski definition) is 0. The molecule has 0 saturated heterocycles. The minimum atomic E-state index is 0.772. The van der Waals surface area contributed by atoms with Crippen molar-refractivity contribution in [3.05, 3.63) is 59.4 Å². The molecule has 3 heterocycles. The molecule has 1 aromatic carbocycles. The van der Waals surface area contributed by atoms with E-state index in [-0.39, 0.29) is 0 Å². The van der Waals surface area contributed by atoms with Gasteiger partial charge in [-0.2, -0.15) is 0 Å². The number of ether oxygens (including phenoxy) is 2. The molecule has 0 fully saturated rings. The molecule has 1 aliphatic rings. The summed E-state index contributed by atoms with van der Waals surface area (Å²) in [7, 11) is 3.34. The maximum Gasteiger partial charge on any atom is 0.160 e. The molecular formula is C21H23N3O2. The number of pyridine rings is 2. The van der Waals surface area contributed by atoms with Gasteiger partial charge in [0.2, 0.25) is 0 Å². The van der Waals surface area contributed by atoms with Gasteiger partial charge in [0.1, 0.15) is 0 Å². The van der Waals surface area contributed by atoms with E-state index in [2.05, 4.69) is 28.1 Å². The second-order valence-corrected chi connectivity index (χ2v) is 6.60. The van der Waals surface area contributed by atoms with Crippen LogP contribution in [0, 0.1) is 0 Å². The van der Waals surface area contributed by atoms with Crippen LogP contribution in [0.15, 0.2) is 42.6 Å². The molecule has 134 valence electrons. The van der Waals surface area contributed by atoms with Gasteiger partial charge in [-0.25, -0.2) is 0 Å². The van der Waals surface area contributed by atoms with Crippen LogP contribution in [0.25, 0.3) is 11.0 Å². The van der Waals surface area contributed by atoms with Crippen LogP contribution in [0.2, 0.25) is 0 Å². The maximum absolute atomic E-state index is 5.40. The van der Waals surface area contributed by atoms with E-state index in [1.54, 1.807) is 14.2 Å². The van der Waals surface area contributed by atoms with Crippen LogP contribution in [0.3, 0.4) is 0 Å². The van der Waals surface area contributed by atoms with Gasteiger partial charge in [0, 0.05) is 37.9 Å². The van der Waals surface area contributed by atoms with E-state index >= 15 is 0 Å². The van der Waals surface area contributed by atoms with E-state index in [0.717, 1.165) is 55.0 Å². The van der Waals surface area contributed by atoms with Crippen LogP contribution in [-0.2, 0) is 19.4 Å². The van der Waals surface area contributed by atoms with Crippen molar-refractivity contribution in [2.45, 2.75) is 19.4 Å². The van der Waals surface area contributed by atoms with Crippen molar-refractivity contribution in [3.63, 3.8) is 0 Å². The average Bonchev–Trinajstić information content (AvgIpc) is 2.70. The van der Waals surface area contributed by atoms with Gasteiger partial charge in [0.25, 0.3) is 0 Å². The van der Waals surface area contributed by atoms with E-state index in [0.29, 0.717) is 0 Å². The van der Waals surface area contributed by atoms with Crippen molar-refractivity contribution in [2.24, 2.45) is 0 Å². The van der Waals surface area contributed by atoms with Gasteiger partial charge in [-0.3, -0.25) is 14.9 Å². The molecule has 0 unspecified atom stereocenters. The Labute approximate surface area is 153 Å². The highest BCUT2D eigenvalue weighted by Crippen LogP contribution is 2.28. The zero-order chi connectivity index (χ0) is 17.9. The molecular weight excluding hydrogens is 326 g/mol. The maximum atomic E-state index is 5.40. The Morgan fingerprint density at radius 1 is 1.04 bits per heavy atom. The number of fused-ring (bicyclic) bond motifs is 2. The fourth-order valence-corrected chi connectivity index (χ4v) is 3.53. The summed E-state index contributed by atoms with van der Waals surface area (Å²) < 4.78 is 10.7. The van der Waals surface area contributed by atoms with E-state index in [1.165, 1.54) is 16.8 Å². The van der Waals surface area contributed by atoms with Gasteiger partial charge >= 0.3 is 0 Å². The summed E-state index contributed by atoms with van der Waals surface area (Å²) in [6.45, 7) is 2.98. The molecule has 0 saturated carbocycles. The normalized spacial score (nSPS) is 14.2. The molecule has 5 heteroatoms. The summed E-state index contributed by atoms with van der Waals surface area (Å²) in [5.41, 5.74) is 5.74. The SMILES string of the molecule is COc1ccc(CCN2CCc3nc4cccnc4cc3C2)cc1OC. The van der Waals surface area contributed by atoms with Gasteiger partial charge in [-0.1, -0.05) is 6.07 Å². The summed E-state index contributed by atoms with van der Waals surface area (Å²) in [4.78, 5) is 11.7. The first-order valence-electron chi connectivity index (χ1n) is 8.93. The van der Waals surface area contributed by atoms with Crippen LogP contribution < -0.4 is 9.47 Å². The van der Waals surface area contributed by atoms with Crippen molar-refractivity contribution < 1.29 is 9.47 Å². The minimum Gasteiger partial charge on any atom is -0.493 e. The Hall–Kier alpha value is -2.66. The predicted octanol–water partition coefficient (Wildman–Crippen LogP) is 3.25. The monoisotopic (exact) mass is 349 g/mol. The summed E-state index contributed by atoms with van der Waals surface area (Å²) in [5, 5.41) is 0. The van der Waals surface area contributed by atoms with Crippen molar-refractivity contribution in [1.29, 1.82) is 0 Å². The fourth-order valence-electron chi connectivity index (χ4n) is 3.53. The molecule has 2 aromatic heterocycles. The van der Waals surface area contributed by atoms with Crippen LogP contribution in [0.4, 0.5) is 0 Å². The van der Waals surface area contributed by atoms with Gasteiger partial charge < -0.3 is 9.47 Å². The van der Waals surface area contributed by atoms with Crippen molar-refractivity contribution in [3.8, 4) is 11.5 Å². The largest absolute Gasteiger partial charge is 0.493 e. The Morgan fingerprint density at radius 2 is 1.92 bits per heavy atom. The third-order valence-electron chi connectivity index (χ3n) is 4.98. The summed E-state index contributed by atoms with van der Waals surface area (Å²) in [6.07, 6.45) is 3.80. The highest BCUT2D eigenvalue weighted by Gasteiger charge is 2.18. The molecule has 4 rings (SSSR count). The van der Waals surface area contributed by atoms with Crippen LogP contribution >= 0.6 is 0 Å². The third kappa shape index (κ3) is 3.35. The molecule has 0 atom stereocenters. The molecule has 0 radical (unpaired) electrons. The molecule has 5 nitrogen and oxygen atoms in total. The van der Waals surface area contributed by atoms with Gasteiger partial charge in [0.15, 0.2) is 11.5 Å². The zero-order valence-electron chi connectivity index (χ0n) is 15.2. The lowest BCUT2D eigenvalue weighted by Gasteiger charge is -2.28. The Morgan fingerprint density at radius 3 is 2.77 bits per heavy atom. The second kappa shape index (κ2) is 7.30. The predicted molar refractivity (Wildman–Crippen MR) is 102 cm³/mol. The Bertz CT molecular complexity index is 926. The topological polar surface area (TPSA) is 47.5 Å². The Kier molecular flexibility index (Phi) is 4.71. The van der Waals surface area contributed by atoms with Gasteiger partial charge in [-0.15, -0.1) is 0 Å². The molecule has 26 heavy (non-hydrogen) atoms. The molecule has 0 amide bonds. The number of hydrogen-bond acceptors (Lipinski definition) is 5. The molecule has 0 N–H and O–H groups in total. The highest BCUT2D eigenvalue weighted by molar-refractivity contribution is 5.74. The van der Waals surface area contributed by atoms with Crippen molar-refractivity contribution >= 4 is 11.0 Å². The van der Waals surface area contributed by atoms with Crippen LogP contribution in [0.5, 0.6) is 11.5 Å². The van der Waals surface area contributed by atoms with Crippen molar-refractivity contribution in [1.82, 2.24) is 14.9 Å². The number of methoxy groups -OCH3 is 2. The van der Waals surface area contributed by atoms with E-state index in [4.69, 9.17) is 14.5 Å². The zero-order valence-corrected chi connectivity index (χ0v) is 15.2. The quantitative estimate of drug-likeness (QED) is 0.708. The average molecular weight is 349 g/mol. The molecule has 3 aromatic rings. The highest BCUT2D eigenvalue weighted by atomic mass is 16.5. The summed E-state index contributed by atoms with van der Waals surface area (Å²) in [5.74, 6) is 1.56. The third-order valence-corrected chi connectivity index (χ3v) is 4.98. The molecule has 1 aliphatic heterocycles. The molecule has 0 spiro atoms. The summed E-state index contributed by atoms with van der Waals surface area (Å²) >= 11 is 0. The van der Waals surface area contributed by atoms with Crippen LogP contribution in [0.1, 0.15) is 16.8 Å². The summed E-state index contributed by atoms with van der Waals surface area (Å²) in [6, 6.07) is 12.3. The van der Waals surface area contributed by atoms with Crippen molar-refractivity contribution in [2.75, 3.05) is 27.3 Å². The Balaban J connectivity index is 1.45. The fraction of sp³-hybridized carbons (Fsp3) is 0.333. The number of nitrogens with zero attached hydrogens (tertiary/aromatic N) is 3. The lowest BCUT2D eigenvalue weighted by molar-refractivity contribution is 0.255. The number of benzene rings is 1. The lowest BCUT2D eigenvalue weighted by Crippen LogP contribution is -2.32. The molecule has 0 aliphatic carbocycles. The minimum absolute atomic E-state index is 0.772. The standard InChI is InChI=1S/C21H23N3O2/c1-25-20-6-5-15(12-21(20)26-2)7-10-24-11-8-17-16(14-24)13-19-18(23-17)4-3-9-22-19/h3-6,9,12-13H,7-8,10-11,14H2,1-2H3.